The van der Waals surface area contributed by atoms with Crippen molar-refractivity contribution in [2.75, 3.05) is 17.7 Å². The quantitative estimate of drug-likeness (QED) is 0.0991. The zero-order chi connectivity index (χ0) is 32.3. The highest BCUT2D eigenvalue weighted by Gasteiger charge is 2.23. The Morgan fingerprint density at radius 2 is 1.43 bits per heavy atom. The van der Waals surface area contributed by atoms with Crippen molar-refractivity contribution in [3.8, 4) is 5.75 Å². The lowest BCUT2D eigenvalue weighted by atomic mass is 10.1. The van der Waals surface area contributed by atoms with Crippen molar-refractivity contribution in [1.82, 2.24) is 5.32 Å². The number of ether oxygens (including phenoxy) is 1. The summed E-state index contributed by atoms with van der Waals surface area (Å²) in [4.78, 5) is 40.7. The summed E-state index contributed by atoms with van der Waals surface area (Å²) in [5.74, 6) is -0.476. The third-order valence-corrected chi connectivity index (χ3v) is 8.23. The van der Waals surface area contributed by atoms with Gasteiger partial charge in [0.15, 0.2) is 0 Å². The summed E-state index contributed by atoms with van der Waals surface area (Å²) in [5, 5.41) is 8.53. The van der Waals surface area contributed by atoms with Gasteiger partial charge >= 0.3 is 0 Å². The van der Waals surface area contributed by atoms with E-state index in [2.05, 4.69) is 16.0 Å². The monoisotopic (exact) mass is 647 g/mol. The lowest BCUT2D eigenvalue weighted by Crippen LogP contribution is -2.30. The van der Waals surface area contributed by atoms with Crippen LogP contribution in [0.5, 0.6) is 5.75 Å². The molecule has 0 aliphatic rings. The van der Waals surface area contributed by atoms with E-state index in [0.717, 1.165) is 10.5 Å². The standard InChI is InChI=1S/C37H30ClN3O4S/c1-45-31-17-9-16-30(24-31)40-37(44)34(26-11-4-2-5-12-26)46-32-20-18-29(19-21-32)39-36(43)33(23-25-10-8-15-28(38)22-25)41-35(42)27-13-6-3-7-14-27/h2-24,34H,1H3,(H,39,43)(H,40,44)(H,41,42)/b33-23-. The zero-order valence-corrected chi connectivity index (χ0v) is 26.3. The van der Waals surface area contributed by atoms with E-state index in [1.807, 2.05) is 66.7 Å². The van der Waals surface area contributed by atoms with Gasteiger partial charge < -0.3 is 20.7 Å². The molecular weight excluding hydrogens is 618 g/mol. The molecule has 0 heterocycles. The molecule has 5 aromatic rings. The maximum Gasteiger partial charge on any atom is 0.272 e. The molecule has 3 amide bonds. The number of anilines is 2. The van der Waals surface area contributed by atoms with Crippen molar-refractivity contribution in [3.05, 3.63) is 161 Å². The highest BCUT2D eigenvalue weighted by molar-refractivity contribution is 8.00. The Balaban J connectivity index is 1.32. The minimum absolute atomic E-state index is 0.0490. The Morgan fingerprint density at radius 3 is 2.13 bits per heavy atom. The molecule has 0 fully saturated rings. The van der Waals surface area contributed by atoms with Gasteiger partial charge in [-0.15, -0.1) is 11.8 Å². The predicted molar refractivity (Wildman–Crippen MR) is 185 cm³/mol. The minimum Gasteiger partial charge on any atom is -0.497 e. The van der Waals surface area contributed by atoms with Crippen molar-refractivity contribution >= 4 is 58.5 Å². The highest BCUT2D eigenvalue weighted by atomic mass is 35.5. The lowest BCUT2D eigenvalue weighted by Gasteiger charge is -2.18. The maximum atomic E-state index is 13.5. The van der Waals surface area contributed by atoms with E-state index >= 15 is 0 Å². The number of amides is 3. The molecule has 5 aromatic carbocycles. The molecule has 0 spiro atoms. The summed E-state index contributed by atoms with van der Waals surface area (Å²) in [6.07, 6.45) is 1.57. The van der Waals surface area contributed by atoms with E-state index < -0.39 is 17.1 Å². The second-order valence-electron chi connectivity index (χ2n) is 10.0. The Labute approximate surface area is 276 Å². The van der Waals surface area contributed by atoms with Crippen LogP contribution in [0.1, 0.15) is 26.7 Å². The largest absolute Gasteiger partial charge is 0.497 e. The van der Waals surface area contributed by atoms with Crippen molar-refractivity contribution in [2.45, 2.75) is 10.1 Å². The number of carbonyl (C=O) groups is 3. The number of rotatable bonds is 11. The first-order valence-electron chi connectivity index (χ1n) is 14.3. The van der Waals surface area contributed by atoms with Crippen LogP contribution in [0.2, 0.25) is 5.02 Å². The molecule has 9 heteroatoms. The molecule has 230 valence electrons. The van der Waals surface area contributed by atoms with Gasteiger partial charge in [-0.1, -0.05) is 78.3 Å². The number of thioether (sulfide) groups is 1. The van der Waals surface area contributed by atoms with Crippen LogP contribution in [0.4, 0.5) is 11.4 Å². The van der Waals surface area contributed by atoms with E-state index in [1.165, 1.54) is 11.8 Å². The molecule has 46 heavy (non-hydrogen) atoms. The SMILES string of the molecule is COc1cccc(NC(=O)C(Sc2ccc(NC(=O)/C(=C/c3cccc(Cl)c3)NC(=O)c3ccccc3)cc2)c2ccccc2)c1. The highest BCUT2D eigenvalue weighted by Crippen LogP contribution is 2.37. The number of hydrogen-bond donors (Lipinski definition) is 3. The van der Waals surface area contributed by atoms with Gasteiger partial charge in [0.05, 0.1) is 7.11 Å². The summed E-state index contributed by atoms with van der Waals surface area (Å²) in [6.45, 7) is 0. The van der Waals surface area contributed by atoms with Crippen molar-refractivity contribution < 1.29 is 19.1 Å². The number of hydrogen-bond acceptors (Lipinski definition) is 5. The van der Waals surface area contributed by atoms with Crippen molar-refractivity contribution in [2.24, 2.45) is 0 Å². The molecule has 1 unspecified atom stereocenters. The molecule has 5 rings (SSSR count). The summed E-state index contributed by atoms with van der Waals surface area (Å²) in [7, 11) is 1.58. The molecule has 0 aromatic heterocycles. The molecular formula is C37H30ClN3O4S. The van der Waals surface area contributed by atoms with Gasteiger partial charge in [-0.2, -0.15) is 0 Å². The summed E-state index contributed by atoms with van der Waals surface area (Å²) >= 11 is 7.54. The van der Waals surface area contributed by atoms with E-state index in [9.17, 15) is 14.4 Å². The van der Waals surface area contributed by atoms with Crippen molar-refractivity contribution in [1.29, 1.82) is 0 Å². The number of halogens is 1. The molecule has 0 aliphatic carbocycles. The lowest BCUT2D eigenvalue weighted by molar-refractivity contribution is -0.116. The molecule has 0 aliphatic heterocycles. The van der Waals surface area contributed by atoms with Gasteiger partial charge in [0.25, 0.3) is 11.8 Å². The Morgan fingerprint density at radius 1 is 0.739 bits per heavy atom. The van der Waals surface area contributed by atoms with Crippen LogP contribution in [0.3, 0.4) is 0 Å². The molecule has 0 bridgehead atoms. The summed E-state index contributed by atoms with van der Waals surface area (Å²) < 4.78 is 5.29. The number of nitrogens with one attached hydrogen (secondary N) is 3. The number of methoxy groups -OCH3 is 1. The summed E-state index contributed by atoms with van der Waals surface area (Å²) in [6, 6.07) is 39.5. The first kappa shape index (κ1) is 32.1. The number of carbonyl (C=O) groups excluding carboxylic acids is 3. The third kappa shape index (κ3) is 8.88. The Bertz CT molecular complexity index is 1850. The van der Waals surface area contributed by atoms with Crippen LogP contribution < -0.4 is 20.7 Å². The normalized spacial score (nSPS) is 11.7. The van der Waals surface area contributed by atoms with Crippen LogP contribution >= 0.6 is 23.4 Å². The molecule has 0 saturated heterocycles. The van der Waals surface area contributed by atoms with E-state index in [1.54, 1.807) is 79.9 Å². The van der Waals surface area contributed by atoms with Crippen LogP contribution in [-0.2, 0) is 9.59 Å². The zero-order valence-electron chi connectivity index (χ0n) is 24.8. The maximum absolute atomic E-state index is 13.5. The first-order valence-corrected chi connectivity index (χ1v) is 15.6. The van der Waals surface area contributed by atoms with Gasteiger partial charge in [-0.05, 0) is 77.9 Å². The topological polar surface area (TPSA) is 96.5 Å². The fraction of sp³-hybridized carbons (Fsp3) is 0.0541. The smallest absolute Gasteiger partial charge is 0.272 e. The first-order chi connectivity index (χ1) is 22.4. The minimum atomic E-state index is -0.548. The van der Waals surface area contributed by atoms with Crippen LogP contribution in [0.25, 0.3) is 6.08 Å². The van der Waals surface area contributed by atoms with Gasteiger partial charge in [-0.3, -0.25) is 14.4 Å². The van der Waals surface area contributed by atoms with E-state index in [0.29, 0.717) is 33.3 Å². The third-order valence-electron chi connectivity index (χ3n) is 6.73. The van der Waals surface area contributed by atoms with Crippen LogP contribution in [0.15, 0.2) is 144 Å². The van der Waals surface area contributed by atoms with E-state index in [4.69, 9.17) is 16.3 Å². The Kier molecular flexibility index (Phi) is 10.9. The fourth-order valence-corrected chi connectivity index (χ4v) is 5.69. The van der Waals surface area contributed by atoms with E-state index in [-0.39, 0.29) is 11.6 Å². The van der Waals surface area contributed by atoms with Crippen molar-refractivity contribution in [3.63, 3.8) is 0 Å². The number of benzene rings is 5. The van der Waals surface area contributed by atoms with Crippen LogP contribution in [-0.4, -0.2) is 24.8 Å². The Hall–Kier alpha value is -5.31. The fourth-order valence-electron chi connectivity index (χ4n) is 4.47. The average Bonchev–Trinajstić information content (AvgIpc) is 3.08. The molecule has 3 N–H and O–H groups in total. The van der Waals surface area contributed by atoms with Gasteiger partial charge in [0, 0.05) is 32.9 Å². The average molecular weight is 648 g/mol. The summed E-state index contributed by atoms with van der Waals surface area (Å²) in [5.41, 5.74) is 3.10. The van der Waals surface area contributed by atoms with Gasteiger partial charge in [-0.25, -0.2) is 0 Å². The molecule has 1 atom stereocenters. The predicted octanol–water partition coefficient (Wildman–Crippen LogP) is 8.23. The van der Waals surface area contributed by atoms with Gasteiger partial charge in [0.2, 0.25) is 5.91 Å². The van der Waals surface area contributed by atoms with Crippen LogP contribution in [0, 0.1) is 0 Å². The molecule has 7 nitrogen and oxygen atoms in total. The van der Waals surface area contributed by atoms with Gasteiger partial charge in [0.1, 0.15) is 16.7 Å². The second kappa shape index (κ2) is 15.6. The molecule has 0 radical (unpaired) electrons. The molecule has 0 saturated carbocycles. The second-order valence-corrected chi connectivity index (χ2v) is 11.7.